The standard InChI is InChI=1S/C14H18O3/c1-2-13(14(15)16)17-12-8-7-10-5-3-4-6-11(10)9-12/h7-9,13H,2-6H2,1H3,(H,15,16)/t13-/m0/s1. The zero-order chi connectivity index (χ0) is 12.3. The molecule has 92 valence electrons. The lowest BCUT2D eigenvalue weighted by molar-refractivity contribution is -0.145. The van der Waals surface area contributed by atoms with Crippen LogP contribution in [0.2, 0.25) is 0 Å². The molecule has 1 aliphatic carbocycles. The van der Waals surface area contributed by atoms with E-state index in [1.807, 2.05) is 19.1 Å². The maximum absolute atomic E-state index is 10.9. The number of fused-ring (bicyclic) bond motifs is 1. The highest BCUT2D eigenvalue weighted by Crippen LogP contribution is 2.26. The topological polar surface area (TPSA) is 46.5 Å². The number of aliphatic carboxylic acids is 1. The first kappa shape index (κ1) is 12.0. The molecule has 0 heterocycles. The minimum atomic E-state index is -0.898. The van der Waals surface area contributed by atoms with Gasteiger partial charge in [0.25, 0.3) is 0 Å². The second-order valence-electron chi connectivity index (χ2n) is 4.49. The third-order valence-corrected chi connectivity index (χ3v) is 3.24. The Morgan fingerprint density at radius 2 is 2.06 bits per heavy atom. The second kappa shape index (κ2) is 5.21. The average molecular weight is 234 g/mol. The molecule has 17 heavy (non-hydrogen) atoms. The van der Waals surface area contributed by atoms with Crippen molar-refractivity contribution in [1.82, 2.24) is 0 Å². The molecule has 0 aliphatic heterocycles. The summed E-state index contributed by atoms with van der Waals surface area (Å²) in [5.74, 6) is -0.217. The summed E-state index contributed by atoms with van der Waals surface area (Å²) in [5, 5.41) is 8.95. The molecule has 1 aliphatic rings. The Morgan fingerprint density at radius 1 is 1.35 bits per heavy atom. The van der Waals surface area contributed by atoms with Crippen LogP contribution in [0.1, 0.15) is 37.3 Å². The lowest BCUT2D eigenvalue weighted by Gasteiger charge is -2.18. The van der Waals surface area contributed by atoms with Gasteiger partial charge >= 0.3 is 5.97 Å². The van der Waals surface area contributed by atoms with E-state index in [9.17, 15) is 4.79 Å². The van der Waals surface area contributed by atoms with Gasteiger partial charge in [-0.05, 0) is 55.4 Å². The minimum absolute atomic E-state index is 0.479. The summed E-state index contributed by atoms with van der Waals surface area (Å²) in [6.45, 7) is 1.82. The van der Waals surface area contributed by atoms with Crippen LogP contribution in [0.3, 0.4) is 0 Å². The van der Waals surface area contributed by atoms with E-state index < -0.39 is 12.1 Å². The monoisotopic (exact) mass is 234 g/mol. The molecule has 0 spiro atoms. The first-order chi connectivity index (χ1) is 8.20. The summed E-state index contributed by atoms with van der Waals surface area (Å²) in [7, 11) is 0. The number of hydrogen-bond acceptors (Lipinski definition) is 2. The van der Waals surface area contributed by atoms with E-state index in [-0.39, 0.29) is 0 Å². The quantitative estimate of drug-likeness (QED) is 0.871. The summed E-state index contributed by atoms with van der Waals surface area (Å²) in [5.41, 5.74) is 2.70. The molecule has 3 heteroatoms. The van der Waals surface area contributed by atoms with Crippen LogP contribution in [0.15, 0.2) is 18.2 Å². The van der Waals surface area contributed by atoms with Crippen LogP contribution >= 0.6 is 0 Å². The van der Waals surface area contributed by atoms with Crippen LogP contribution < -0.4 is 4.74 Å². The summed E-state index contributed by atoms with van der Waals surface area (Å²) >= 11 is 0. The van der Waals surface area contributed by atoms with Crippen molar-refractivity contribution in [2.24, 2.45) is 0 Å². The van der Waals surface area contributed by atoms with Crippen LogP contribution in [0.25, 0.3) is 0 Å². The highest BCUT2D eigenvalue weighted by Gasteiger charge is 2.17. The number of carboxylic acids is 1. The minimum Gasteiger partial charge on any atom is -0.479 e. The maximum Gasteiger partial charge on any atom is 0.344 e. The Hall–Kier alpha value is -1.51. The molecule has 0 radical (unpaired) electrons. The van der Waals surface area contributed by atoms with E-state index in [1.54, 1.807) is 0 Å². The third kappa shape index (κ3) is 2.78. The summed E-state index contributed by atoms with van der Waals surface area (Å²) in [4.78, 5) is 10.9. The van der Waals surface area contributed by atoms with E-state index in [0.717, 1.165) is 12.8 Å². The third-order valence-electron chi connectivity index (χ3n) is 3.24. The Balaban J connectivity index is 2.14. The number of carboxylic acid groups (broad SMARTS) is 1. The molecule has 1 atom stereocenters. The zero-order valence-electron chi connectivity index (χ0n) is 10.1. The number of hydrogen-bond donors (Lipinski definition) is 1. The van der Waals surface area contributed by atoms with Gasteiger partial charge in [-0.15, -0.1) is 0 Å². The Labute approximate surface area is 101 Å². The van der Waals surface area contributed by atoms with Gasteiger partial charge in [0, 0.05) is 0 Å². The van der Waals surface area contributed by atoms with Crippen molar-refractivity contribution >= 4 is 5.97 Å². The molecule has 1 aromatic rings. The van der Waals surface area contributed by atoms with Gasteiger partial charge in [0.2, 0.25) is 0 Å². The van der Waals surface area contributed by atoms with Crippen LogP contribution in [-0.4, -0.2) is 17.2 Å². The molecule has 0 amide bonds. The van der Waals surface area contributed by atoms with Gasteiger partial charge in [-0.1, -0.05) is 13.0 Å². The molecule has 2 rings (SSSR count). The van der Waals surface area contributed by atoms with Gasteiger partial charge in [-0.3, -0.25) is 0 Å². The molecule has 1 aromatic carbocycles. The smallest absolute Gasteiger partial charge is 0.344 e. The molecule has 0 fully saturated rings. The fraction of sp³-hybridized carbons (Fsp3) is 0.500. The van der Waals surface area contributed by atoms with Crippen LogP contribution in [0.5, 0.6) is 5.75 Å². The van der Waals surface area contributed by atoms with Crippen molar-refractivity contribution in [3.05, 3.63) is 29.3 Å². The number of ether oxygens (including phenoxy) is 1. The summed E-state index contributed by atoms with van der Waals surface area (Å²) in [6.07, 6.45) is 4.41. The van der Waals surface area contributed by atoms with Crippen molar-refractivity contribution in [3.8, 4) is 5.75 Å². The molecule has 0 bridgehead atoms. The van der Waals surface area contributed by atoms with Crippen molar-refractivity contribution in [2.45, 2.75) is 45.1 Å². The largest absolute Gasteiger partial charge is 0.479 e. The van der Waals surface area contributed by atoms with Gasteiger partial charge < -0.3 is 9.84 Å². The molecule has 0 unspecified atom stereocenters. The molecule has 1 N–H and O–H groups in total. The van der Waals surface area contributed by atoms with E-state index in [0.29, 0.717) is 12.2 Å². The first-order valence-corrected chi connectivity index (χ1v) is 6.22. The highest BCUT2D eigenvalue weighted by atomic mass is 16.5. The van der Waals surface area contributed by atoms with Gasteiger partial charge in [0.15, 0.2) is 6.10 Å². The zero-order valence-corrected chi connectivity index (χ0v) is 10.1. The van der Waals surface area contributed by atoms with Crippen LogP contribution in [-0.2, 0) is 17.6 Å². The second-order valence-corrected chi connectivity index (χ2v) is 4.49. The van der Waals surface area contributed by atoms with E-state index >= 15 is 0 Å². The van der Waals surface area contributed by atoms with Crippen molar-refractivity contribution in [1.29, 1.82) is 0 Å². The van der Waals surface area contributed by atoms with E-state index in [1.165, 1.54) is 24.0 Å². The highest BCUT2D eigenvalue weighted by molar-refractivity contribution is 5.72. The Kier molecular flexibility index (Phi) is 3.67. The lowest BCUT2D eigenvalue weighted by atomic mass is 9.92. The van der Waals surface area contributed by atoms with Gasteiger partial charge in [0.1, 0.15) is 5.75 Å². The average Bonchev–Trinajstić information content (AvgIpc) is 2.35. The van der Waals surface area contributed by atoms with Crippen LogP contribution in [0, 0.1) is 0 Å². The van der Waals surface area contributed by atoms with Crippen molar-refractivity contribution < 1.29 is 14.6 Å². The van der Waals surface area contributed by atoms with Crippen molar-refractivity contribution in [2.75, 3.05) is 0 Å². The predicted molar refractivity (Wildman–Crippen MR) is 65.4 cm³/mol. The van der Waals surface area contributed by atoms with Crippen molar-refractivity contribution in [3.63, 3.8) is 0 Å². The molecular formula is C14H18O3. The SMILES string of the molecule is CC[C@H](Oc1ccc2c(c1)CCCC2)C(=O)O. The number of rotatable bonds is 4. The van der Waals surface area contributed by atoms with Gasteiger partial charge in [-0.25, -0.2) is 4.79 Å². The lowest BCUT2D eigenvalue weighted by Crippen LogP contribution is -2.26. The molecule has 0 saturated heterocycles. The molecule has 3 nitrogen and oxygen atoms in total. The summed E-state index contributed by atoms with van der Waals surface area (Å²) < 4.78 is 5.49. The van der Waals surface area contributed by atoms with E-state index in [2.05, 4.69) is 6.07 Å². The molecule has 0 aromatic heterocycles. The normalized spacial score (nSPS) is 16.1. The Bertz CT molecular complexity index is 412. The first-order valence-electron chi connectivity index (χ1n) is 6.22. The van der Waals surface area contributed by atoms with E-state index in [4.69, 9.17) is 9.84 Å². The number of benzene rings is 1. The maximum atomic E-state index is 10.9. The fourth-order valence-corrected chi connectivity index (χ4v) is 2.26. The Morgan fingerprint density at radius 3 is 2.71 bits per heavy atom. The van der Waals surface area contributed by atoms with Gasteiger partial charge in [-0.2, -0.15) is 0 Å². The molecular weight excluding hydrogens is 216 g/mol. The summed E-state index contributed by atoms with van der Waals surface area (Å²) in [6, 6.07) is 5.95. The number of aryl methyl sites for hydroxylation is 2. The van der Waals surface area contributed by atoms with Gasteiger partial charge in [0.05, 0.1) is 0 Å². The predicted octanol–water partition coefficient (Wildman–Crippen LogP) is 2.81. The van der Waals surface area contributed by atoms with Crippen LogP contribution in [0.4, 0.5) is 0 Å². The molecule has 0 saturated carbocycles. The fourth-order valence-electron chi connectivity index (χ4n) is 2.26. The number of carbonyl (C=O) groups is 1.